The van der Waals surface area contributed by atoms with E-state index in [9.17, 15) is 4.79 Å². The molecule has 0 bridgehead atoms. The average molecular weight is 246 g/mol. The standard InChI is InChI=1S/C13H18N4O/c1-10(2)9-11(17-7-3-4-8-17)12(18)16-13-14-5-6-15-13/h3-8,10-11H,9H2,1-2H3,(H2,14,15,16,18)/t11-/m1/s1. The monoisotopic (exact) mass is 246 g/mol. The molecule has 2 rings (SSSR count). The van der Waals surface area contributed by atoms with Crippen LogP contribution in [0.5, 0.6) is 0 Å². The van der Waals surface area contributed by atoms with Gasteiger partial charge in [-0.25, -0.2) is 4.98 Å². The van der Waals surface area contributed by atoms with Gasteiger partial charge < -0.3 is 9.55 Å². The first-order valence-corrected chi connectivity index (χ1v) is 6.09. The summed E-state index contributed by atoms with van der Waals surface area (Å²) in [4.78, 5) is 19.1. The lowest BCUT2D eigenvalue weighted by Gasteiger charge is -2.19. The molecule has 0 aliphatic rings. The zero-order chi connectivity index (χ0) is 13.0. The van der Waals surface area contributed by atoms with Crippen molar-refractivity contribution in [1.29, 1.82) is 0 Å². The van der Waals surface area contributed by atoms with Crippen LogP contribution in [0.2, 0.25) is 0 Å². The molecule has 18 heavy (non-hydrogen) atoms. The highest BCUT2D eigenvalue weighted by Crippen LogP contribution is 2.19. The van der Waals surface area contributed by atoms with E-state index in [-0.39, 0.29) is 11.9 Å². The molecule has 5 nitrogen and oxygen atoms in total. The minimum atomic E-state index is -0.204. The maximum atomic E-state index is 12.3. The highest BCUT2D eigenvalue weighted by molar-refractivity contribution is 5.92. The predicted octanol–water partition coefficient (Wildman–Crippen LogP) is 2.44. The van der Waals surface area contributed by atoms with Gasteiger partial charge in [0.1, 0.15) is 6.04 Å². The fraction of sp³-hybridized carbons (Fsp3) is 0.385. The summed E-state index contributed by atoms with van der Waals surface area (Å²) >= 11 is 0. The molecule has 2 N–H and O–H groups in total. The fourth-order valence-electron chi connectivity index (χ4n) is 1.90. The van der Waals surface area contributed by atoms with E-state index >= 15 is 0 Å². The Balaban J connectivity index is 2.11. The zero-order valence-corrected chi connectivity index (χ0v) is 10.6. The number of imidazole rings is 1. The van der Waals surface area contributed by atoms with Crippen molar-refractivity contribution in [2.75, 3.05) is 5.32 Å². The molecule has 1 atom stereocenters. The third kappa shape index (κ3) is 3.00. The van der Waals surface area contributed by atoms with E-state index < -0.39 is 0 Å². The lowest BCUT2D eigenvalue weighted by atomic mass is 10.0. The van der Waals surface area contributed by atoms with Gasteiger partial charge >= 0.3 is 0 Å². The van der Waals surface area contributed by atoms with Crippen molar-refractivity contribution >= 4 is 11.9 Å². The van der Waals surface area contributed by atoms with Gasteiger partial charge in [0.2, 0.25) is 11.9 Å². The maximum absolute atomic E-state index is 12.3. The summed E-state index contributed by atoms with van der Waals surface area (Å²) in [6.45, 7) is 4.22. The Labute approximate surface area is 106 Å². The molecule has 0 saturated heterocycles. The molecule has 96 valence electrons. The highest BCUT2D eigenvalue weighted by Gasteiger charge is 2.21. The van der Waals surface area contributed by atoms with Gasteiger partial charge in [-0.3, -0.25) is 10.1 Å². The van der Waals surface area contributed by atoms with Crippen molar-refractivity contribution < 1.29 is 4.79 Å². The van der Waals surface area contributed by atoms with Crippen molar-refractivity contribution in [1.82, 2.24) is 14.5 Å². The van der Waals surface area contributed by atoms with E-state index in [0.29, 0.717) is 11.9 Å². The third-order valence-corrected chi connectivity index (χ3v) is 2.72. The number of amides is 1. The lowest BCUT2D eigenvalue weighted by Crippen LogP contribution is -2.27. The maximum Gasteiger partial charge on any atom is 0.249 e. The Kier molecular flexibility index (Phi) is 3.82. The minimum Gasteiger partial charge on any atom is -0.342 e. The molecule has 0 spiro atoms. The Hall–Kier alpha value is -2.04. The van der Waals surface area contributed by atoms with Gasteiger partial charge in [-0.1, -0.05) is 13.8 Å². The van der Waals surface area contributed by atoms with Crippen LogP contribution in [0.25, 0.3) is 0 Å². The Morgan fingerprint density at radius 1 is 1.44 bits per heavy atom. The number of H-pyrrole nitrogens is 1. The Bertz CT molecular complexity index is 473. The summed E-state index contributed by atoms with van der Waals surface area (Å²) < 4.78 is 1.93. The van der Waals surface area contributed by atoms with E-state index in [1.54, 1.807) is 12.4 Å². The van der Waals surface area contributed by atoms with Gasteiger partial charge in [-0.2, -0.15) is 0 Å². The first-order valence-electron chi connectivity index (χ1n) is 6.09. The van der Waals surface area contributed by atoms with Gasteiger partial charge in [0, 0.05) is 24.8 Å². The number of hydrogen-bond acceptors (Lipinski definition) is 2. The number of hydrogen-bond donors (Lipinski definition) is 2. The molecule has 0 saturated carbocycles. The van der Waals surface area contributed by atoms with E-state index in [2.05, 4.69) is 29.1 Å². The number of aromatic nitrogens is 3. The smallest absolute Gasteiger partial charge is 0.249 e. The molecule has 0 aliphatic carbocycles. The van der Waals surface area contributed by atoms with Crippen LogP contribution in [0.4, 0.5) is 5.95 Å². The topological polar surface area (TPSA) is 62.7 Å². The molecule has 0 aliphatic heterocycles. The van der Waals surface area contributed by atoms with Crippen LogP contribution in [0.1, 0.15) is 26.3 Å². The molecule has 5 heteroatoms. The molecule has 0 aromatic carbocycles. The quantitative estimate of drug-likeness (QED) is 0.851. The van der Waals surface area contributed by atoms with Gasteiger partial charge in [-0.05, 0) is 24.5 Å². The Morgan fingerprint density at radius 2 is 2.17 bits per heavy atom. The van der Waals surface area contributed by atoms with Crippen molar-refractivity contribution in [2.45, 2.75) is 26.3 Å². The predicted molar refractivity (Wildman–Crippen MR) is 70.1 cm³/mol. The molecule has 2 aromatic heterocycles. The molecule has 2 heterocycles. The van der Waals surface area contributed by atoms with Crippen molar-refractivity contribution in [3.8, 4) is 0 Å². The first kappa shape index (κ1) is 12.4. The van der Waals surface area contributed by atoms with Gasteiger partial charge in [0.25, 0.3) is 0 Å². The normalized spacial score (nSPS) is 12.6. The van der Waals surface area contributed by atoms with Gasteiger partial charge in [0.15, 0.2) is 0 Å². The number of carbonyl (C=O) groups is 1. The van der Waals surface area contributed by atoms with Crippen LogP contribution in [0, 0.1) is 5.92 Å². The second kappa shape index (κ2) is 5.53. The van der Waals surface area contributed by atoms with Crippen molar-refractivity contribution in [3.05, 3.63) is 36.9 Å². The summed E-state index contributed by atoms with van der Waals surface area (Å²) in [6.07, 6.45) is 7.91. The number of rotatable bonds is 5. The SMILES string of the molecule is CC(C)C[C@H](C(=O)Nc1ncc[nH]1)n1cccc1. The number of aromatic amines is 1. The molecule has 0 unspecified atom stereocenters. The molecule has 1 amide bonds. The fourth-order valence-corrected chi connectivity index (χ4v) is 1.90. The Morgan fingerprint density at radius 3 is 2.72 bits per heavy atom. The summed E-state index contributed by atoms with van der Waals surface area (Å²) in [6, 6.07) is 3.64. The van der Waals surface area contributed by atoms with Crippen molar-refractivity contribution in [3.63, 3.8) is 0 Å². The van der Waals surface area contributed by atoms with E-state index in [1.165, 1.54) is 0 Å². The second-order valence-corrected chi connectivity index (χ2v) is 4.70. The summed E-state index contributed by atoms with van der Waals surface area (Å²) in [5.74, 6) is 0.885. The number of anilines is 1. The van der Waals surface area contributed by atoms with Crippen LogP contribution >= 0.6 is 0 Å². The molecule has 2 aromatic rings. The van der Waals surface area contributed by atoms with E-state index in [1.807, 2.05) is 29.1 Å². The van der Waals surface area contributed by atoms with E-state index in [4.69, 9.17) is 0 Å². The third-order valence-electron chi connectivity index (χ3n) is 2.72. The average Bonchev–Trinajstić information content (AvgIpc) is 2.97. The zero-order valence-electron chi connectivity index (χ0n) is 10.6. The molecule has 0 radical (unpaired) electrons. The molecule has 0 fully saturated rings. The second-order valence-electron chi connectivity index (χ2n) is 4.70. The van der Waals surface area contributed by atoms with Gasteiger partial charge in [-0.15, -0.1) is 0 Å². The van der Waals surface area contributed by atoms with Crippen molar-refractivity contribution in [2.24, 2.45) is 5.92 Å². The van der Waals surface area contributed by atoms with Crippen LogP contribution in [0.15, 0.2) is 36.9 Å². The highest BCUT2D eigenvalue weighted by atomic mass is 16.2. The number of nitrogens with one attached hydrogen (secondary N) is 2. The van der Waals surface area contributed by atoms with Crippen LogP contribution in [-0.2, 0) is 4.79 Å². The van der Waals surface area contributed by atoms with Crippen LogP contribution in [0.3, 0.4) is 0 Å². The molecular formula is C13H18N4O. The van der Waals surface area contributed by atoms with Crippen LogP contribution in [-0.4, -0.2) is 20.4 Å². The van der Waals surface area contributed by atoms with Gasteiger partial charge in [0.05, 0.1) is 0 Å². The summed E-state index contributed by atoms with van der Waals surface area (Å²) in [5.41, 5.74) is 0. The minimum absolute atomic E-state index is 0.0464. The number of carbonyl (C=O) groups excluding carboxylic acids is 1. The number of nitrogens with zero attached hydrogens (tertiary/aromatic N) is 2. The van der Waals surface area contributed by atoms with Crippen LogP contribution < -0.4 is 5.32 Å². The lowest BCUT2D eigenvalue weighted by molar-refractivity contribution is -0.119. The molecular weight excluding hydrogens is 228 g/mol. The first-order chi connectivity index (χ1) is 8.66. The van der Waals surface area contributed by atoms with E-state index in [0.717, 1.165) is 6.42 Å². The largest absolute Gasteiger partial charge is 0.342 e. The summed E-state index contributed by atoms with van der Waals surface area (Å²) in [5, 5.41) is 2.79. The summed E-state index contributed by atoms with van der Waals surface area (Å²) in [7, 11) is 0.